The van der Waals surface area contributed by atoms with Gasteiger partial charge in [0, 0.05) is 24.9 Å². The van der Waals surface area contributed by atoms with Gasteiger partial charge in [0.05, 0.1) is 5.69 Å². The lowest BCUT2D eigenvalue weighted by Crippen LogP contribution is -2.12. The molecule has 1 saturated carbocycles. The molecule has 1 N–H and O–H groups in total. The van der Waals surface area contributed by atoms with Gasteiger partial charge in [-0.25, -0.2) is 4.98 Å². The van der Waals surface area contributed by atoms with Crippen LogP contribution in [0.25, 0.3) is 0 Å². The summed E-state index contributed by atoms with van der Waals surface area (Å²) in [5, 5.41) is 3.39. The zero-order valence-corrected chi connectivity index (χ0v) is 10.1. The summed E-state index contributed by atoms with van der Waals surface area (Å²) in [6.07, 6.45) is 11.3. The molecule has 0 radical (unpaired) electrons. The van der Waals surface area contributed by atoms with Gasteiger partial charge in [-0.1, -0.05) is 26.2 Å². The average molecular weight is 219 g/mol. The van der Waals surface area contributed by atoms with Crippen molar-refractivity contribution in [2.45, 2.75) is 51.4 Å². The van der Waals surface area contributed by atoms with E-state index in [1.807, 2.05) is 6.20 Å². The van der Waals surface area contributed by atoms with Gasteiger partial charge >= 0.3 is 0 Å². The molecule has 0 aromatic carbocycles. The summed E-state index contributed by atoms with van der Waals surface area (Å²) in [6, 6.07) is 0. The number of hydrogen-bond acceptors (Lipinski definition) is 3. The molecule has 1 heterocycles. The Morgan fingerprint density at radius 3 is 2.69 bits per heavy atom. The van der Waals surface area contributed by atoms with E-state index in [2.05, 4.69) is 22.2 Å². The number of hydrogen-bond donors (Lipinski definition) is 1. The zero-order chi connectivity index (χ0) is 11.2. The van der Waals surface area contributed by atoms with E-state index in [1.54, 1.807) is 6.20 Å². The highest BCUT2D eigenvalue weighted by molar-refractivity contribution is 5.41. The van der Waals surface area contributed by atoms with Gasteiger partial charge in [0.1, 0.15) is 5.82 Å². The second kappa shape index (κ2) is 5.83. The highest BCUT2D eigenvalue weighted by Gasteiger charge is 2.20. The van der Waals surface area contributed by atoms with Gasteiger partial charge < -0.3 is 5.32 Å². The van der Waals surface area contributed by atoms with Crippen molar-refractivity contribution in [2.75, 3.05) is 11.9 Å². The van der Waals surface area contributed by atoms with Gasteiger partial charge in [0.15, 0.2) is 0 Å². The third kappa shape index (κ3) is 2.71. The third-order valence-electron chi connectivity index (χ3n) is 3.26. The Kier molecular flexibility index (Phi) is 4.14. The van der Waals surface area contributed by atoms with Crippen LogP contribution < -0.4 is 5.32 Å². The monoisotopic (exact) mass is 219 g/mol. The number of anilines is 1. The van der Waals surface area contributed by atoms with Crippen molar-refractivity contribution in [2.24, 2.45) is 0 Å². The summed E-state index contributed by atoms with van der Waals surface area (Å²) in [7, 11) is 0. The van der Waals surface area contributed by atoms with Gasteiger partial charge in [0.2, 0.25) is 0 Å². The van der Waals surface area contributed by atoms with Crippen molar-refractivity contribution < 1.29 is 0 Å². The molecule has 0 bridgehead atoms. The molecule has 16 heavy (non-hydrogen) atoms. The van der Waals surface area contributed by atoms with Crippen LogP contribution in [0.3, 0.4) is 0 Å². The number of aromatic nitrogens is 2. The summed E-state index contributed by atoms with van der Waals surface area (Å²) in [6.45, 7) is 3.15. The van der Waals surface area contributed by atoms with E-state index >= 15 is 0 Å². The van der Waals surface area contributed by atoms with Crippen molar-refractivity contribution in [3.63, 3.8) is 0 Å². The fraction of sp³-hybridized carbons (Fsp3) is 0.692. The molecule has 0 unspecified atom stereocenters. The molecule has 0 spiro atoms. The molecule has 0 amide bonds. The van der Waals surface area contributed by atoms with Crippen LogP contribution in [0, 0.1) is 0 Å². The minimum atomic E-state index is 0.627. The molecular formula is C13H21N3. The Bertz CT molecular complexity index is 319. The van der Waals surface area contributed by atoms with Crippen LogP contribution in [0.5, 0.6) is 0 Å². The molecule has 0 saturated heterocycles. The lowest BCUT2D eigenvalue weighted by Gasteiger charge is -2.22. The molecular weight excluding hydrogens is 198 g/mol. The van der Waals surface area contributed by atoms with E-state index in [1.165, 1.54) is 37.8 Å². The van der Waals surface area contributed by atoms with E-state index in [0.717, 1.165) is 18.8 Å². The van der Waals surface area contributed by atoms with Gasteiger partial charge in [0.25, 0.3) is 0 Å². The van der Waals surface area contributed by atoms with Crippen LogP contribution in [0.1, 0.15) is 57.1 Å². The van der Waals surface area contributed by atoms with Crippen molar-refractivity contribution in [1.29, 1.82) is 0 Å². The molecule has 0 atom stereocenters. The van der Waals surface area contributed by atoms with Crippen LogP contribution in [-0.2, 0) is 0 Å². The zero-order valence-electron chi connectivity index (χ0n) is 10.1. The molecule has 1 aliphatic carbocycles. The van der Waals surface area contributed by atoms with Crippen molar-refractivity contribution >= 4 is 5.82 Å². The molecule has 0 aliphatic heterocycles. The van der Waals surface area contributed by atoms with Gasteiger partial charge in [-0.3, -0.25) is 4.98 Å². The lowest BCUT2D eigenvalue weighted by molar-refractivity contribution is 0.436. The molecule has 3 nitrogen and oxygen atoms in total. The fourth-order valence-electron chi connectivity index (χ4n) is 2.40. The number of rotatable bonds is 4. The second-order valence-corrected chi connectivity index (χ2v) is 4.55. The molecule has 1 aromatic heterocycles. The van der Waals surface area contributed by atoms with E-state index < -0.39 is 0 Å². The third-order valence-corrected chi connectivity index (χ3v) is 3.26. The Morgan fingerprint density at radius 1 is 1.19 bits per heavy atom. The van der Waals surface area contributed by atoms with Crippen LogP contribution in [-0.4, -0.2) is 16.5 Å². The standard InChI is InChI=1S/C13H21N3/c1-2-8-15-13-12(14-9-10-16-13)11-6-4-3-5-7-11/h9-11H,2-8H2,1H3,(H,15,16). The minimum Gasteiger partial charge on any atom is -0.369 e. The highest BCUT2D eigenvalue weighted by Crippen LogP contribution is 2.34. The summed E-state index contributed by atoms with van der Waals surface area (Å²) < 4.78 is 0. The van der Waals surface area contributed by atoms with E-state index in [4.69, 9.17) is 0 Å². The highest BCUT2D eigenvalue weighted by atomic mass is 15.0. The summed E-state index contributed by atoms with van der Waals surface area (Å²) in [4.78, 5) is 8.95. The maximum atomic E-state index is 4.53. The van der Waals surface area contributed by atoms with Crippen LogP contribution in [0.2, 0.25) is 0 Å². The number of nitrogens with zero attached hydrogens (tertiary/aromatic N) is 2. The predicted octanol–water partition coefficient (Wildman–Crippen LogP) is 3.35. The van der Waals surface area contributed by atoms with Gasteiger partial charge in [-0.15, -0.1) is 0 Å². The second-order valence-electron chi connectivity index (χ2n) is 4.55. The van der Waals surface area contributed by atoms with Crippen molar-refractivity contribution in [3.05, 3.63) is 18.1 Å². The quantitative estimate of drug-likeness (QED) is 0.844. The van der Waals surface area contributed by atoms with Gasteiger partial charge in [-0.2, -0.15) is 0 Å². The first-order valence-electron chi connectivity index (χ1n) is 6.46. The summed E-state index contributed by atoms with van der Waals surface area (Å²) in [5.41, 5.74) is 1.19. The van der Waals surface area contributed by atoms with Crippen LogP contribution in [0.15, 0.2) is 12.4 Å². The topological polar surface area (TPSA) is 37.8 Å². The fourth-order valence-corrected chi connectivity index (χ4v) is 2.40. The largest absolute Gasteiger partial charge is 0.369 e. The Hall–Kier alpha value is -1.12. The van der Waals surface area contributed by atoms with E-state index in [0.29, 0.717) is 5.92 Å². The Labute approximate surface area is 97.7 Å². The number of nitrogens with one attached hydrogen (secondary N) is 1. The molecule has 1 fully saturated rings. The van der Waals surface area contributed by atoms with E-state index in [-0.39, 0.29) is 0 Å². The van der Waals surface area contributed by atoms with E-state index in [9.17, 15) is 0 Å². The van der Waals surface area contributed by atoms with Crippen LogP contribution in [0.4, 0.5) is 5.82 Å². The predicted molar refractivity (Wildman–Crippen MR) is 66.6 cm³/mol. The molecule has 1 aliphatic rings. The van der Waals surface area contributed by atoms with Gasteiger partial charge in [-0.05, 0) is 19.3 Å². The van der Waals surface area contributed by atoms with Crippen molar-refractivity contribution in [3.8, 4) is 0 Å². The maximum Gasteiger partial charge on any atom is 0.148 e. The minimum absolute atomic E-state index is 0.627. The van der Waals surface area contributed by atoms with Crippen molar-refractivity contribution in [1.82, 2.24) is 9.97 Å². The first kappa shape index (κ1) is 11.4. The lowest BCUT2D eigenvalue weighted by atomic mass is 9.86. The maximum absolute atomic E-state index is 4.53. The Morgan fingerprint density at radius 2 is 1.94 bits per heavy atom. The Balaban J connectivity index is 2.11. The summed E-state index contributed by atoms with van der Waals surface area (Å²) in [5.74, 6) is 1.64. The first-order valence-corrected chi connectivity index (χ1v) is 6.46. The normalized spacial score (nSPS) is 17.3. The van der Waals surface area contributed by atoms with Crippen LogP contribution >= 0.6 is 0 Å². The average Bonchev–Trinajstić information content (AvgIpc) is 2.38. The molecule has 1 aromatic rings. The first-order chi connectivity index (χ1) is 7.92. The molecule has 2 rings (SSSR count). The summed E-state index contributed by atoms with van der Waals surface area (Å²) >= 11 is 0. The molecule has 88 valence electrons. The SMILES string of the molecule is CCCNc1nccnc1C1CCCCC1. The molecule has 3 heteroatoms. The smallest absolute Gasteiger partial charge is 0.148 e.